The van der Waals surface area contributed by atoms with E-state index in [0.717, 1.165) is 31.2 Å². The van der Waals surface area contributed by atoms with Crippen LogP contribution in [0.2, 0.25) is 0 Å². The molecule has 1 fully saturated rings. The summed E-state index contributed by atoms with van der Waals surface area (Å²) in [4.78, 5) is 12.4. The van der Waals surface area contributed by atoms with Gasteiger partial charge in [-0.25, -0.2) is 0 Å². The fourth-order valence-corrected chi connectivity index (χ4v) is 2.77. The summed E-state index contributed by atoms with van der Waals surface area (Å²) in [6, 6.07) is 6.69. The molecule has 1 aromatic rings. The van der Waals surface area contributed by atoms with Crippen molar-refractivity contribution in [2.45, 2.75) is 45.6 Å². The van der Waals surface area contributed by atoms with Crippen molar-refractivity contribution in [3.05, 3.63) is 34.9 Å². The van der Waals surface area contributed by atoms with Crippen molar-refractivity contribution in [3.8, 4) is 0 Å². The molecule has 0 radical (unpaired) electrons. The molecule has 0 amide bonds. The van der Waals surface area contributed by atoms with Gasteiger partial charge in [-0.1, -0.05) is 12.1 Å². The van der Waals surface area contributed by atoms with Crippen LogP contribution in [0.4, 0.5) is 0 Å². The second-order valence-corrected chi connectivity index (χ2v) is 5.50. The van der Waals surface area contributed by atoms with E-state index in [-0.39, 0.29) is 5.92 Å². The van der Waals surface area contributed by atoms with Gasteiger partial charge in [0.15, 0.2) is 5.78 Å². The van der Waals surface area contributed by atoms with Gasteiger partial charge < -0.3 is 5.32 Å². The van der Waals surface area contributed by atoms with Crippen molar-refractivity contribution in [3.63, 3.8) is 0 Å². The van der Waals surface area contributed by atoms with E-state index in [1.54, 1.807) is 0 Å². The van der Waals surface area contributed by atoms with Gasteiger partial charge in [-0.3, -0.25) is 4.79 Å². The number of benzene rings is 1. The molecule has 1 aromatic carbocycles. The summed E-state index contributed by atoms with van der Waals surface area (Å²) in [6.45, 7) is 4.16. The average Bonchev–Trinajstić information content (AvgIpc) is 2.41. The third kappa shape index (κ3) is 2.81. The van der Waals surface area contributed by atoms with Crippen LogP contribution in [-0.2, 0) is 0 Å². The highest BCUT2D eigenvalue weighted by molar-refractivity contribution is 5.98. The van der Waals surface area contributed by atoms with Crippen LogP contribution in [0, 0.1) is 19.8 Å². The Labute approximate surface area is 110 Å². The summed E-state index contributed by atoms with van der Waals surface area (Å²) < 4.78 is 0. The van der Waals surface area contributed by atoms with E-state index in [4.69, 9.17) is 0 Å². The Bertz CT molecular complexity index is 431. The molecule has 0 aliphatic heterocycles. The highest BCUT2D eigenvalue weighted by atomic mass is 16.1. The van der Waals surface area contributed by atoms with Crippen molar-refractivity contribution in [2.75, 3.05) is 7.05 Å². The lowest BCUT2D eigenvalue weighted by Crippen LogP contribution is -2.32. The summed E-state index contributed by atoms with van der Waals surface area (Å²) in [7, 11) is 2.01. The zero-order chi connectivity index (χ0) is 13.1. The minimum atomic E-state index is 0.233. The van der Waals surface area contributed by atoms with Gasteiger partial charge >= 0.3 is 0 Å². The second-order valence-electron chi connectivity index (χ2n) is 5.50. The molecule has 98 valence electrons. The Balaban J connectivity index is 2.05. The van der Waals surface area contributed by atoms with Gasteiger partial charge in [0.2, 0.25) is 0 Å². The highest BCUT2D eigenvalue weighted by Gasteiger charge is 2.26. The van der Waals surface area contributed by atoms with Crippen molar-refractivity contribution in [1.82, 2.24) is 5.32 Å². The molecule has 1 aliphatic rings. The van der Waals surface area contributed by atoms with E-state index in [9.17, 15) is 4.79 Å². The Morgan fingerprint density at radius 1 is 1.11 bits per heavy atom. The smallest absolute Gasteiger partial charge is 0.165 e. The Kier molecular flexibility index (Phi) is 4.18. The predicted molar refractivity (Wildman–Crippen MR) is 75.1 cm³/mol. The van der Waals surface area contributed by atoms with Gasteiger partial charge in [0.05, 0.1) is 0 Å². The number of Topliss-reactive ketones (excluding diaryl/α,β-unsaturated/α-hetero) is 1. The predicted octanol–water partition coefficient (Wildman–Crippen LogP) is 3.26. The van der Waals surface area contributed by atoms with Crippen molar-refractivity contribution in [1.29, 1.82) is 0 Å². The van der Waals surface area contributed by atoms with Gasteiger partial charge in [-0.2, -0.15) is 0 Å². The quantitative estimate of drug-likeness (QED) is 0.828. The third-order valence-electron chi connectivity index (χ3n) is 4.30. The first-order valence-electron chi connectivity index (χ1n) is 6.90. The largest absolute Gasteiger partial charge is 0.317 e. The van der Waals surface area contributed by atoms with Crippen LogP contribution in [0.25, 0.3) is 0 Å². The number of hydrogen-bond donors (Lipinski definition) is 1. The summed E-state index contributed by atoms with van der Waals surface area (Å²) in [5.74, 6) is 0.573. The first kappa shape index (κ1) is 13.3. The van der Waals surface area contributed by atoms with Crippen LogP contribution in [0.15, 0.2) is 18.2 Å². The summed E-state index contributed by atoms with van der Waals surface area (Å²) in [6.07, 6.45) is 4.30. The lowest BCUT2D eigenvalue weighted by molar-refractivity contribution is 0.0880. The van der Waals surface area contributed by atoms with E-state index >= 15 is 0 Å². The van der Waals surface area contributed by atoms with Crippen LogP contribution in [-0.4, -0.2) is 18.9 Å². The molecular formula is C16H23NO. The minimum absolute atomic E-state index is 0.233. The normalized spacial score (nSPS) is 23.9. The molecule has 0 atom stereocenters. The standard InChI is InChI=1S/C16H23NO/c1-11-4-5-14(10-12(11)2)16(18)13-6-8-15(17-3)9-7-13/h4-5,10,13,15,17H,6-9H2,1-3H3. The SMILES string of the molecule is CNC1CCC(C(=O)c2ccc(C)c(C)c2)CC1. The molecule has 1 N–H and O–H groups in total. The first-order valence-corrected chi connectivity index (χ1v) is 6.90. The number of nitrogens with one attached hydrogen (secondary N) is 1. The monoisotopic (exact) mass is 245 g/mol. The maximum atomic E-state index is 12.4. The molecule has 1 saturated carbocycles. The van der Waals surface area contributed by atoms with Gasteiger partial charge in [-0.15, -0.1) is 0 Å². The molecule has 0 aromatic heterocycles. The van der Waals surface area contributed by atoms with Gasteiger partial charge in [0, 0.05) is 17.5 Å². The van der Waals surface area contributed by atoms with Crippen LogP contribution in [0.1, 0.15) is 47.2 Å². The highest BCUT2D eigenvalue weighted by Crippen LogP contribution is 2.27. The molecule has 2 heteroatoms. The topological polar surface area (TPSA) is 29.1 Å². The molecule has 0 unspecified atom stereocenters. The van der Waals surface area contributed by atoms with E-state index in [1.165, 1.54) is 11.1 Å². The molecule has 0 spiro atoms. The Hall–Kier alpha value is -1.15. The maximum Gasteiger partial charge on any atom is 0.165 e. The lowest BCUT2D eigenvalue weighted by atomic mass is 9.81. The van der Waals surface area contributed by atoms with Crippen LogP contribution < -0.4 is 5.32 Å². The summed E-state index contributed by atoms with van der Waals surface area (Å²) >= 11 is 0. The number of aryl methyl sites for hydroxylation is 2. The fourth-order valence-electron chi connectivity index (χ4n) is 2.77. The number of ketones is 1. The van der Waals surface area contributed by atoms with Gasteiger partial charge in [-0.05, 0) is 63.8 Å². The number of carbonyl (C=O) groups excluding carboxylic acids is 1. The van der Waals surface area contributed by atoms with Crippen molar-refractivity contribution in [2.24, 2.45) is 5.92 Å². The molecular weight excluding hydrogens is 222 g/mol. The van der Waals surface area contributed by atoms with Crippen LogP contribution in [0.3, 0.4) is 0 Å². The number of rotatable bonds is 3. The van der Waals surface area contributed by atoms with E-state index in [1.807, 2.05) is 19.2 Å². The van der Waals surface area contributed by atoms with Crippen LogP contribution in [0.5, 0.6) is 0 Å². The number of carbonyl (C=O) groups is 1. The maximum absolute atomic E-state index is 12.4. The first-order chi connectivity index (χ1) is 8.61. The lowest BCUT2D eigenvalue weighted by Gasteiger charge is -2.27. The van der Waals surface area contributed by atoms with E-state index in [2.05, 4.69) is 25.2 Å². The molecule has 0 saturated heterocycles. The second kappa shape index (κ2) is 5.66. The van der Waals surface area contributed by atoms with E-state index < -0.39 is 0 Å². The zero-order valence-electron chi connectivity index (χ0n) is 11.6. The Morgan fingerprint density at radius 2 is 1.78 bits per heavy atom. The van der Waals surface area contributed by atoms with Gasteiger partial charge in [0.1, 0.15) is 0 Å². The third-order valence-corrected chi connectivity index (χ3v) is 4.30. The molecule has 2 rings (SSSR count). The zero-order valence-corrected chi connectivity index (χ0v) is 11.6. The van der Waals surface area contributed by atoms with Crippen molar-refractivity contribution >= 4 is 5.78 Å². The molecule has 18 heavy (non-hydrogen) atoms. The summed E-state index contributed by atoms with van der Waals surface area (Å²) in [5, 5.41) is 3.31. The molecule has 2 nitrogen and oxygen atoms in total. The van der Waals surface area contributed by atoms with E-state index in [0.29, 0.717) is 11.8 Å². The molecule has 0 heterocycles. The van der Waals surface area contributed by atoms with Gasteiger partial charge in [0.25, 0.3) is 0 Å². The van der Waals surface area contributed by atoms with Crippen molar-refractivity contribution < 1.29 is 4.79 Å². The minimum Gasteiger partial charge on any atom is -0.317 e. The fraction of sp³-hybridized carbons (Fsp3) is 0.562. The molecule has 0 bridgehead atoms. The Morgan fingerprint density at radius 3 is 2.33 bits per heavy atom. The molecule has 1 aliphatic carbocycles. The van der Waals surface area contributed by atoms with Crippen LogP contribution >= 0.6 is 0 Å². The average molecular weight is 245 g/mol. The summed E-state index contributed by atoms with van der Waals surface area (Å²) in [5.41, 5.74) is 3.36. The number of hydrogen-bond acceptors (Lipinski definition) is 2.